The fourth-order valence-corrected chi connectivity index (χ4v) is 4.57. The highest BCUT2D eigenvalue weighted by Crippen LogP contribution is 2.38. The number of nitrogens with zero attached hydrogens (tertiary/aromatic N) is 3. The Balaban J connectivity index is 2.19. The molecule has 1 aliphatic rings. The maximum absolute atomic E-state index is 4.56. The van der Waals surface area contributed by atoms with Crippen molar-refractivity contribution in [2.75, 3.05) is 32.9 Å². The van der Waals surface area contributed by atoms with E-state index in [1.54, 1.807) is 0 Å². The molecule has 20 heavy (non-hydrogen) atoms. The smallest absolute Gasteiger partial charge is 0.0707 e. The van der Waals surface area contributed by atoms with Crippen molar-refractivity contribution in [3.05, 3.63) is 16.4 Å². The summed E-state index contributed by atoms with van der Waals surface area (Å²) in [5, 5.41) is 8.89. The van der Waals surface area contributed by atoms with Gasteiger partial charge in [0.15, 0.2) is 0 Å². The highest BCUT2D eigenvalue weighted by molar-refractivity contribution is 9.10. The van der Waals surface area contributed by atoms with Gasteiger partial charge < -0.3 is 10.2 Å². The highest BCUT2D eigenvalue weighted by Gasteiger charge is 2.30. The second-order valence-corrected chi connectivity index (χ2v) is 7.69. The molecule has 1 N–H and O–H groups in total. The van der Waals surface area contributed by atoms with Crippen molar-refractivity contribution >= 4 is 27.7 Å². The summed E-state index contributed by atoms with van der Waals surface area (Å²) < 4.78 is 3.30. The molecular formula is C14H25BrN4S. The lowest BCUT2D eigenvalue weighted by molar-refractivity contribution is 0.360. The van der Waals surface area contributed by atoms with E-state index in [2.05, 4.69) is 68.7 Å². The van der Waals surface area contributed by atoms with Crippen molar-refractivity contribution in [2.24, 2.45) is 0 Å². The lowest BCUT2D eigenvalue weighted by atomic mass is 10.1. The van der Waals surface area contributed by atoms with E-state index in [1.165, 1.54) is 24.3 Å². The zero-order valence-electron chi connectivity index (χ0n) is 12.6. The molecule has 0 bridgehead atoms. The molecule has 1 aromatic heterocycles. The first-order chi connectivity index (χ1) is 9.63. The molecular weight excluding hydrogens is 336 g/mol. The van der Waals surface area contributed by atoms with Crippen molar-refractivity contribution in [2.45, 2.75) is 37.6 Å². The van der Waals surface area contributed by atoms with Gasteiger partial charge in [-0.15, -0.1) is 0 Å². The summed E-state index contributed by atoms with van der Waals surface area (Å²) >= 11 is 5.79. The average molecular weight is 361 g/mol. The molecule has 0 aliphatic carbocycles. The van der Waals surface area contributed by atoms with Crippen molar-refractivity contribution in [3.63, 3.8) is 0 Å². The second kappa shape index (κ2) is 7.82. The number of halogens is 1. The number of hydrogen-bond acceptors (Lipinski definition) is 4. The summed E-state index contributed by atoms with van der Waals surface area (Å²) in [6.07, 6.45) is 4.57. The van der Waals surface area contributed by atoms with Gasteiger partial charge in [-0.3, -0.25) is 4.68 Å². The standard InChI is InChI=1S/C14H25BrN4S/c1-4-16-13(12-6-5-9-20-12)14-11(15)10-17-19(14)8-7-18(2)3/h10,12-13,16H,4-9H2,1-3H3. The lowest BCUT2D eigenvalue weighted by Crippen LogP contribution is -2.32. The Morgan fingerprint density at radius 2 is 2.40 bits per heavy atom. The number of aromatic nitrogens is 2. The molecule has 6 heteroatoms. The van der Waals surface area contributed by atoms with E-state index < -0.39 is 0 Å². The molecule has 1 saturated heterocycles. The van der Waals surface area contributed by atoms with E-state index in [0.29, 0.717) is 11.3 Å². The van der Waals surface area contributed by atoms with Crippen LogP contribution < -0.4 is 5.32 Å². The third-order valence-corrected chi connectivity index (χ3v) is 5.72. The third-order valence-electron chi connectivity index (χ3n) is 3.65. The predicted octanol–water partition coefficient (Wildman–Crippen LogP) is 2.75. The maximum Gasteiger partial charge on any atom is 0.0707 e. The van der Waals surface area contributed by atoms with Gasteiger partial charge in [-0.05, 0) is 55.2 Å². The van der Waals surface area contributed by atoms with Gasteiger partial charge in [0.05, 0.1) is 29.0 Å². The average Bonchev–Trinajstić information content (AvgIpc) is 3.04. The summed E-state index contributed by atoms with van der Waals surface area (Å²) in [5.41, 5.74) is 1.31. The minimum absolute atomic E-state index is 0.395. The van der Waals surface area contributed by atoms with Crippen molar-refractivity contribution in [3.8, 4) is 0 Å². The Hall–Kier alpha value is -0.0400. The van der Waals surface area contributed by atoms with Crippen LogP contribution >= 0.6 is 27.7 Å². The van der Waals surface area contributed by atoms with Crippen LogP contribution in [-0.4, -0.2) is 52.9 Å². The Bertz CT molecular complexity index is 415. The Morgan fingerprint density at radius 3 is 3.00 bits per heavy atom. The number of rotatable bonds is 7. The quantitative estimate of drug-likeness (QED) is 0.810. The van der Waals surface area contributed by atoms with Gasteiger partial charge in [0.25, 0.3) is 0 Å². The van der Waals surface area contributed by atoms with Gasteiger partial charge in [-0.2, -0.15) is 16.9 Å². The molecule has 114 valence electrons. The van der Waals surface area contributed by atoms with Crippen LogP contribution in [0.15, 0.2) is 10.7 Å². The van der Waals surface area contributed by atoms with Crippen molar-refractivity contribution in [1.29, 1.82) is 0 Å². The first-order valence-electron chi connectivity index (χ1n) is 7.34. The van der Waals surface area contributed by atoms with Crippen LogP contribution in [0.5, 0.6) is 0 Å². The fourth-order valence-electron chi connectivity index (χ4n) is 2.64. The van der Waals surface area contributed by atoms with Gasteiger partial charge in [0, 0.05) is 11.8 Å². The molecule has 0 spiro atoms. The molecule has 2 heterocycles. The summed E-state index contributed by atoms with van der Waals surface area (Å²) in [7, 11) is 4.21. The molecule has 4 nitrogen and oxygen atoms in total. The van der Waals surface area contributed by atoms with Crippen LogP contribution in [0.3, 0.4) is 0 Å². The minimum Gasteiger partial charge on any atom is -0.308 e. The molecule has 0 saturated carbocycles. The monoisotopic (exact) mass is 360 g/mol. The van der Waals surface area contributed by atoms with E-state index in [9.17, 15) is 0 Å². The van der Waals surface area contributed by atoms with Crippen LogP contribution in [0.2, 0.25) is 0 Å². The zero-order chi connectivity index (χ0) is 14.5. The number of nitrogens with one attached hydrogen (secondary N) is 1. The lowest BCUT2D eigenvalue weighted by Gasteiger charge is -2.25. The van der Waals surface area contributed by atoms with Crippen LogP contribution in [0.1, 0.15) is 31.5 Å². The van der Waals surface area contributed by atoms with Gasteiger partial charge in [-0.1, -0.05) is 6.92 Å². The van der Waals surface area contributed by atoms with E-state index in [0.717, 1.165) is 24.1 Å². The fraction of sp³-hybridized carbons (Fsp3) is 0.786. The number of thioether (sulfide) groups is 1. The second-order valence-electron chi connectivity index (χ2n) is 5.49. The SMILES string of the molecule is CCNC(c1c(Br)cnn1CCN(C)C)C1CCCS1. The van der Waals surface area contributed by atoms with E-state index in [1.807, 2.05) is 6.20 Å². The molecule has 0 aromatic carbocycles. The topological polar surface area (TPSA) is 33.1 Å². The summed E-state index contributed by atoms with van der Waals surface area (Å²) in [4.78, 5) is 2.20. The third kappa shape index (κ3) is 4.00. The summed E-state index contributed by atoms with van der Waals surface area (Å²) in [6, 6.07) is 0.395. The highest BCUT2D eigenvalue weighted by atomic mass is 79.9. The number of likely N-dealkylation sites (N-methyl/N-ethyl adjacent to an activating group) is 1. The molecule has 1 aliphatic heterocycles. The molecule has 0 radical (unpaired) electrons. The van der Waals surface area contributed by atoms with Gasteiger partial charge >= 0.3 is 0 Å². The first kappa shape index (κ1) is 16.3. The van der Waals surface area contributed by atoms with E-state index in [-0.39, 0.29) is 0 Å². The Morgan fingerprint density at radius 1 is 1.60 bits per heavy atom. The first-order valence-corrected chi connectivity index (χ1v) is 9.18. The molecule has 2 unspecified atom stereocenters. The Kier molecular flexibility index (Phi) is 6.39. The zero-order valence-corrected chi connectivity index (χ0v) is 15.0. The van der Waals surface area contributed by atoms with Crippen LogP contribution in [0, 0.1) is 0 Å². The van der Waals surface area contributed by atoms with Crippen molar-refractivity contribution in [1.82, 2.24) is 20.0 Å². The molecule has 2 rings (SSSR count). The molecule has 1 aromatic rings. The summed E-state index contributed by atoms with van der Waals surface area (Å²) in [5.74, 6) is 1.29. The molecule has 2 atom stereocenters. The summed E-state index contributed by atoms with van der Waals surface area (Å²) in [6.45, 7) is 5.12. The minimum atomic E-state index is 0.395. The molecule has 1 fully saturated rings. The van der Waals surface area contributed by atoms with Crippen LogP contribution in [-0.2, 0) is 6.54 Å². The van der Waals surface area contributed by atoms with Gasteiger partial charge in [0.1, 0.15) is 0 Å². The van der Waals surface area contributed by atoms with E-state index in [4.69, 9.17) is 0 Å². The maximum atomic E-state index is 4.56. The normalized spacial score (nSPS) is 20.8. The van der Waals surface area contributed by atoms with Gasteiger partial charge in [-0.25, -0.2) is 0 Å². The van der Waals surface area contributed by atoms with E-state index >= 15 is 0 Å². The Labute approximate surface area is 134 Å². The van der Waals surface area contributed by atoms with Crippen molar-refractivity contribution < 1.29 is 0 Å². The van der Waals surface area contributed by atoms with Crippen LogP contribution in [0.4, 0.5) is 0 Å². The largest absolute Gasteiger partial charge is 0.308 e. The van der Waals surface area contributed by atoms with Gasteiger partial charge in [0.2, 0.25) is 0 Å². The predicted molar refractivity (Wildman–Crippen MR) is 90.4 cm³/mol. The molecule has 0 amide bonds. The number of hydrogen-bond donors (Lipinski definition) is 1. The van der Waals surface area contributed by atoms with Crippen LogP contribution in [0.25, 0.3) is 0 Å².